The Morgan fingerprint density at radius 1 is 1.04 bits per heavy atom. The third kappa shape index (κ3) is 4.13. The molecular formula is C17H24N5OP. The average molecular weight is 345 g/mol. The van der Waals surface area contributed by atoms with Crippen LogP contribution in [0.2, 0.25) is 0 Å². The van der Waals surface area contributed by atoms with Crippen LogP contribution < -0.4 is 15.5 Å². The predicted molar refractivity (Wildman–Crippen MR) is 101 cm³/mol. The van der Waals surface area contributed by atoms with Crippen molar-refractivity contribution >= 4 is 29.9 Å². The van der Waals surface area contributed by atoms with E-state index in [0.29, 0.717) is 5.95 Å². The molecule has 0 bridgehead atoms. The maximum absolute atomic E-state index is 12.1. The number of likely N-dealkylation sites (N-methyl/N-ethyl adjacent to an activating group) is 1. The summed E-state index contributed by atoms with van der Waals surface area (Å²) in [5.74, 6) is 1.53. The van der Waals surface area contributed by atoms with Crippen LogP contribution in [0.5, 0.6) is 0 Å². The van der Waals surface area contributed by atoms with E-state index in [1.165, 1.54) is 0 Å². The zero-order valence-electron chi connectivity index (χ0n) is 14.4. The molecule has 2 aromatic rings. The Labute approximate surface area is 143 Å². The quantitative estimate of drug-likeness (QED) is 0.858. The van der Waals surface area contributed by atoms with Gasteiger partial charge in [-0.1, -0.05) is 0 Å². The summed E-state index contributed by atoms with van der Waals surface area (Å²) in [5, 5.41) is 4.10. The molecule has 24 heavy (non-hydrogen) atoms. The van der Waals surface area contributed by atoms with Gasteiger partial charge >= 0.3 is 0 Å². The fourth-order valence-corrected chi connectivity index (χ4v) is 3.52. The molecular weight excluding hydrogens is 321 g/mol. The van der Waals surface area contributed by atoms with Crippen LogP contribution in [0.4, 0.5) is 17.5 Å². The molecule has 7 heteroatoms. The van der Waals surface area contributed by atoms with Gasteiger partial charge in [-0.05, 0) is 50.7 Å². The number of nitrogens with zero attached hydrogens (tertiary/aromatic N) is 4. The molecule has 3 rings (SSSR count). The summed E-state index contributed by atoms with van der Waals surface area (Å²) in [6.45, 7) is 7.59. The lowest BCUT2D eigenvalue weighted by Crippen LogP contribution is -2.44. The highest BCUT2D eigenvalue weighted by Crippen LogP contribution is 2.34. The van der Waals surface area contributed by atoms with Crippen molar-refractivity contribution in [2.24, 2.45) is 0 Å². The lowest BCUT2D eigenvalue weighted by Gasteiger charge is -2.33. The topological polar surface area (TPSA) is 61.4 Å². The van der Waals surface area contributed by atoms with Gasteiger partial charge in [0.2, 0.25) is 5.95 Å². The van der Waals surface area contributed by atoms with Crippen molar-refractivity contribution < 1.29 is 4.57 Å². The molecule has 128 valence electrons. The Balaban J connectivity index is 1.71. The number of hydrogen-bond donors (Lipinski definition) is 1. The normalized spacial score (nSPS) is 16.2. The molecule has 0 aliphatic carbocycles. The Kier molecular flexibility index (Phi) is 4.88. The van der Waals surface area contributed by atoms with E-state index in [9.17, 15) is 4.57 Å². The monoisotopic (exact) mass is 345 g/mol. The molecule has 1 aromatic carbocycles. The molecule has 0 saturated carbocycles. The van der Waals surface area contributed by atoms with Crippen molar-refractivity contribution in [3.05, 3.63) is 36.5 Å². The molecule has 6 nitrogen and oxygen atoms in total. The van der Waals surface area contributed by atoms with Gasteiger partial charge in [0.25, 0.3) is 0 Å². The number of hydrogen-bond acceptors (Lipinski definition) is 6. The molecule has 1 aliphatic heterocycles. The van der Waals surface area contributed by atoms with E-state index in [1.807, 2.05) is 30.3 Å². The van der Waals surface area contributed by atoms with Crippen LogP contribution in [0.15, 0.2) is 36.5 Å². The summed E-state index contributed by atoms with van der Waals surface area (Å²) < 4.78 is 12.1. The van der Waals surface area contributed by atoms with E-state index in [2.05, 4.69) is 32.1 Å². The Hall–Kier alpha value is -1.91. The minimum Gasteiger partial charge on any atom is -0.354 e. The van der Waals surface area contributed by atoms with E-state index in [0.717, 1.165) is 43.0 Å². The summed E-state index contributed by atoms with van der Waals surface area (Å²) >= 11 is 0. The zero-order valence-corrected chi connectivity index (χ0v) is 15.3. The van der Waals surface area contributed by atoms with Gasteiger partial charge in [0, 0.05) is 43.4 Å². The van der Waals surface area contributed by atoms with Crippen LogP contribution in [-0.4, -0.2) is 61.4 Å². The fourth-order valence-electron chi connectivity index (χ4n) is 2.65. The minimum atomic E-state index is -2.22. The average Bonchev–Trinajstić information content (AvgIpc) is 2.55. The first kappa shape index (κ1) is 16.9. The maximum Gasteiger partial charge on any atom is 0.229 e. The second-order valence-corrected chi connectivity index (χ2v) is 9.77. The van der Waals surface area contributed by atoms with E-state index in [-0.39, 0.29) is 0 Å². The van der Waals surface area contributed by atoms with Crippen LogP contribution in [-0.2, 0) is 4.57 Å². The van der Waals surface area contributed by atoms with Crippen LogP contribution in [0.1, 0.15) is 0 Å². The van der Waals surface area contributed by atoms with Crippen molar-refractivity contribution in [2.45, 2.75) is 0 Å². The zero-order chi connectivity index (χ0) is 17.2. The molecule has 0 radical (unpaired) electrons. The first-order valence-corrected chi connectivity index (χ1v) is 10.7. The van der Waals surface area contributed by atoms with Crippen LogP contribution >= 0.6 is 7.14 Å². The number of rotatable bonds is 4. The molecule has 0 amide bonds. The van der Waals surface area contributed by atoms with E-state index in [1.54, 1.807) is 19.5 Å². The molecule has 0 atom stereocenters. The maximum atomic E-state index is 12.1. The van der Waals surface area contributed by atoms with Gasteiger partial charge in [-0.2, -0.15) is 4.98 Å². The summed E-state index contributed by atoms with van der Waals surface area (Å²) in [6.07, 6.45) is 1.78. The summed E-state index contributed by atoms with van der Waals surface area (Å²) in [4.78, 5) is 13.5. The van der Waals surface area contributed by atoms with Crippen LogP contribution in [0.25, 0.3) is 0 Å². The lowest BCUT2D eigenvalue weighted by atomic mass is 10.3. The predicted octanol–water partition coefficient (Wildman–Crippen LogP) is 2.22. The fraction of sp³-hybridized carbons (Fsp3) is 0.412. The first-order valence-electron chi connectivity index (χ1n) is 8.11. The van der Waals surface area contributed by atoms with Gasteiger partial charge < -0.3 is 19.7 Å². The Morgan fingerprint density at radius 2 is 1.71 bits per heavy atom. The third-order valence-electron chi connectivity index (χ3n) is 4.21. The van der Waals surface area contributed by atoms with Crippen LogP contribution in [0.3, 0.4) is 0 Å². The third-order valence-corrected chi connectivity index (χ3v) is 5.76. The van der Waals surface area contributed by atoms with Gasteiger partial charge in [0.05, 0.1) is 0 Å². The van der Waals surface area contributed by atoms with Gasteiger partial charge in [0.15, 0.2) is 0 Å². The van der Waals surface area contributed by atoms with Crippen molar-refractivity contribution in [3.8, 4) is 0 Å². The Bertz CT molecular complexity index is 735. The summed E-state index contributed by atoms with van der Waals surface area (Å²) in [6, 6.07) is 9.58. The molecule has 1 N–H and O–H groups in total. The van der Waals surface area contributed by atoms with Crippen molar-refractivity contribution in [3.63, 3.8) is 0 Å². The highest BCUT2D eigenvalue weighted by molar-refractivity contribution is 7.70. The number of anilines is 3. The smallest absolute Gasteiger partial charge is 0.229 e. The highest BCUT2D eigenvalue weighted by atomic mass is 31.2. The molecule has 1 fully saturated rings. The standard InChI is InChI=1S/C17H24N5OP/c1-21-10-12-22(13-11-21)16-8-9-18-17(20-16)19-14-4-6-15(7-5-14)24(2,3)23/h4-9H,10-13H2,1-3H3,(H,18,19,20). The molecule has 0 unspecified atom stereocenters. The molecule has 0 spiro atoms. The van der Waals surface area contributed by atoms with Crippen molar-refractivity contribution in [1.29, 1.82) is 0 Å². The number of piperazine rings is 1. The molecule has 1 aromatic heterocycles. The first-order chi connectivity index (χ1) is 11.4. The molecule has 1 aliphatic rings. The number of aromatic nitrogens is 2. The van der Waals surface area contributed by atoms with Gasteiger partial charge in [0.1, 0.15) is 13.0 Å². The number of benzene rings is 1. The second kappa shape index (κ2) is 6.91. The van der Waals surface area contributed by atoms with Crippen molar-refractivity contribution in [1.82, 2.24) is 14.9 Å². The second-order valence-electron chi connectivity index (χ2n) is 6.55. The largest absolute Gasteiger partial charge is 0.354 e. The molecule has 1 saturated heterocycles. The van der Waals surface area contributed by atoms with Gasteiger partial charge in [-0.3, -0.25) is 0 Å². The molecule has 2 heterocycles. The number of nitrogens with one attached hydrogen (secondary N) is 1. The SMILES string of the molecule is CN1CCN(c2ccnc(Nc3ccc(P(C)(C)=O)cc3)n2)CC1. The van der Waals surface area contributed by atoms with E-state index in [4.69, 9.17) is 0 Å². The lowest BCUT2D eigenvalue weighted by molar-refractivity contribution is 0.312. The van der Waals surface area contributed by atoms with Gasteiger partial charge in [-0.15, -0.1) is 0 Å². The van der Waals surface area contributed by atoms with E-state index >= 15 is 0 Å². The summed E-state index contributed by atoms with van der Waals surface area (Å²) in [7, 11) is -0.0832. The highest BCUT2D eigenvalue weighted by Gasteiger charge is 2.16. The van der Waals surface area contributed by atoms with E-state index < -0.39 is 7.14 Å². The summed E-state index contributed by atoms with van der Waals surface area (Å²) in [5.41, 5.74) is 0.891. The Morgan fingerprint density at radius 3 is 2.33 bits per heavy atom. The minimum absolute atomic E-state index is 0.579. The van der Waals surface area contributed by atoms with Crippen molar-refractivity contribution in [2.75, 3.05) is 56.8 Å². The van der Waals surface area contributed by atoms with Gasteiger partial charge in [-0.25, -0.2) is 4.98 Å². The van der Waals surface area contributed by atoms with Crippen LogP contribution in [0, 0.1) is 0 Å².